The van der Waals surface area contributed by atoms with Crippen molar-refractivity contribution in [1.29, 1.82) is 0 Å². The molecule has 28 heavy (non-hydrogen) atoms. The smallest absolute Gasteiger partial charge is 0.222 e. The monoisotopic (exact) mass is 559 g/mol. The molecule has 0 aliphatic heterocycles. The number of hydrogen-bond donors (Lipinski definition) is 2. The van der Waals surface area contributed by atoms with Gasteiger partial charge in [0.1, 0.15) is 0 Å². The maximum absolute atomic E-state index is 12.0. The number of nitrogens with zero attached hydrogens (tertiary/aromatic N) is 3. The molecule has 1 heterocycles. The zero-order chi connectivity index (χ0) is 19.8. The van der Waals surface area contributed by atoms with E-state index in [4.69, 9.17) is 10.2 Å². The van der Waals surface area contributed by atoms with Gasteiger partial charge in [0, 0.05) is 32.6 Å². The Balaban J connectivity index is 0.000000425. The van der Waals surface area contributed by atoms with Crippen molar-refractivity contribution in [3.05, 3.63) is 60.7 Å². The Morgan fingerprint density at radius 1 is 1.00 bits per heavy atom. The van der Waals surface area contributed by atoms with Crippen LogP contribution in [0.25, 0.3) is 22.8 Å². The van der Waals surface area contributed by atoms with E-state index >= 15 is 0 Å². The second-order valence-corrected chi connectivity index (χ2v) is 6.28. The molecular formula is C21H24IrN3O3-. The third kappa shape index (κ3) is 6.76. The standard InChI is InChI=1S/C16H12N3O.C5H12O2.Ir/c1-12(20)19-15(13-8-4-2-5-9-13)17-18-16(19)14-10-6-3-7-11-14;1-4(6)3-5(2)7;/h2-10H,1H3;4-7H,3H2,1-2H3;/q-1;;. The fourth-order valence-corrected chi connectivity index (χ4v) is 2.56. The Kier molecular flexibility index (Phi) is 9.90. The van der Waals surface area contributed by atoms with E-state index in [0.717, 1.165) is 11.1 Å². The van der Waals surface area contributed by atoms with Gasteiger partial charge in [0.05, 0.1) is 18.0 Å². The Morgan fingerprint density at radius 3 is 2.04 bits per heavy atom. The van der Waals surface area contributed by atoms with Gasteiger partial charge in [-0.25, -0.2) is 0 Å². The first-order chi connectivity index (χ1) is 12.9. The van der Waals surface area contributed by atoms with Crippen LogP contribution < -0.4 is 0 Å². The summed E-state index contributed by atoms with van der Waals surface area (Å²) in [5.41, 5.74) is 1.61. The van der Waals surface area contributed by atoms with Crippen molar-refractivity contribution >= 4 is 5.91 Å². The van der Waals surface area contributed by atoms with Crippen LogP contribution in [0.15, 0.2) is 54.6 Å². The van der Waals surface area contributed by atoms with Gasteiger partial charge in [0.2, 0.25) is 5.91 Å². The molecule has 0 saturated heterocycles. The third-order valence-electron chi connectivity index (χ3n) is 3.64. The molecule has 0 saturated carbocycles. The first-order valence-corrected chi connectivity index (χ1v) is 8.75. The molecule has 0 aliphatic carbocycles. The van der Waals surface area contributed by atoms with E-state index < -0.39 is 0 Å². The van der Waals surface area contributed by atoms with Crippen LogP contribution in [-0.4, -0.2) is 43.1 Å². The minimum absolute atomic E-state index is 0. The number of benzene rings is 2. The number of aliphatic hydroxyl groups excluding tert-OH is 2. The van der Waals surface area contributed by atoms with Crippen LogP contribution in [0.1, 0.15) is 32.0 Å². The van der Waals surface area contributed by atoms with E-state index in [1.807, 2.05) is 48.5 Å². The van der Waals surface area contributed by atoms with Gasteiger partial charge in [-0.05, 0) is 20.3 Å². The SMILES string of the molecule is CC(=O)n1c(-c2[c-]cccc2)nnc1-c1ccccc1.CC(O)CC(C)O.[Ir]. The molecule has 2 aromatic carbocycles. The molecule has 6 nitrogen and oxygen atoms in total. The number of aliphatic hydroxyl groups is 2. The van der Waals surface area contributed by atoms with Gasteiger partial charge in [-0.15, -0.1) is 41.0 Å². The van der Waals surface area contributed by atoms with Crippen molar-refractivity contribution in [2.24, 2.45) is 0 Å². The number of carbonyl (C=O) groups excluding carboxylic acids is 1. The van der Waals surface area contributed by atoms with Crippen LogP contribution in [0.5, 0.6) is 0 Å². The van der Waals surface area contributed by atoms with E-state index in [0.29, 0.717) is 18.1 Å². The van der Waals surface area contributed by atoms with Gasteiger partial charge in [-0.2, -0.15) is 5.10 Å². The van der Waals surface area contributed by atoms with Gasteiger partial charge < -0.3 is 10.2 Å². The first-order valence-electron chi connectivity index (χ1n) is 8.75. The average Bonchev–Trinajstić information content (AvgIpc) is 3.08. The quantitative estimate of drug-likeness (QED) is 0.481. The summed E-state index contributed by atoms with van der Waals surface area (Å²) >= 11 is 0. The summed E-state index contributed by atoms with van der Waals surface area (Å²) in [6.45, 7) is 4.82. The zero-order valence-corrected chi connectivity index (χ0v) is 18.4. The number of hydrogen-bond acceptors (Lipinski definition) is 5. The topological polar surface area (TPSA) is 88.2 Å². The van der Waals surface area contributed by atoms with E-state index in [2.05, 4.69) is 16.3 Å². The van der Waals surface area contributed by atoms with Crippen molar-refractivity contribution in [1.82, 2.24) is 14.8 Å². The zero-order valence-electron chi connectivity index (χ0n) is 16.0. The van der Waals surface area contributed by atoms with Crippen LogP contribution in [0, 0.1) is 6.07 Å². The summed E-state index contributed by atoms with van der Waals surface area (Å²) in [6.07, 6.45) is -0.278. The van der Waals surface area contributed by atoms with Gasteiger partial charge in [0.25, 0.3) is 0 Å². The van der Waals surface area contributed by atoms with E-state index in [9.17, 15) is 4.79 Å². The molecule has 1 radical (unpaired) electrons. The molecule has 1 aromatic heterocycles. The molecule has 0 fully saturated rings. The van der Waals surface area contributed by atoms with Crippen molar-refractivity contribution in [2.45, 2.75) is 39.4 Å². The van der Waals surface area contributed by atoms with Gasteiger partial charge in [-0.3, -0.25) is 9.36 Å². The van der Waals surface area contributed by atoms with Crippen molar-refractivity contribution < 1.29 is 35.1 Å². The minimum atomic E-state index is -0.375. The Hall–Kier alpha value is -2.18. The maximum atomic E-state index is 12.0. The molecule has 151 valence electrons. The van der Waals surface area contributed by atoms with Crippen molar-refractivity contribution in [2.75, 3.05) is 0 Å². The first kappa shape index (κ1) is 23.9. The minimum Gasteiger partial charge on any atom is -0.393 e. The molecule has 2 unspecified atom stereocenters. The Morgan fingerprint density at radius 2 is 1.57 bits per heavy atom. The predicted molar refractivity (Wildman–Crippen MR) is 104 cm³/mol. The van der Waals surface area contributed by atoms with Crippen LogP contribution in [-0.2, 0) is 20.1 Å². The molecule has 0 aliphatic rings. The number of carbonyl (C=O) groups is 1. The fourth-order valence-electron chi connectivity index (χ4n) is 2.56. The molecule has 0 bridgehead atoms. The van der Waals surface area contributed by atoms with Crippen LogP contribution >= 0.6 is 0 Å². The number of aromatic nitrogens is 3. The summed E-state index contributed by atoms with van der Waals surface area (Å²) in [6, 6.07) is 20.0. The van der Waals surface area contributed by atoms with Crippen LogP contribution in [0.4, 0.5) is 0 Å². The maximum Gasteiger partial charge on any atom is 0.222 e. The van der Waals surface area contributed by atoms with Gasteiger partial charge in [0.15, 0.2) is 5.82 Å². The fraction of sp³-hybridized carbons (Fsp3) is 0.286. The van der Waals surface area contributed by atoms with Crippen LogP contribution in [0.2, 0.25) is 0 Å². The van der Waals surface area contributed by atoms with Crippen LogP contribution in [0.3, 0.4) is 0 Å². The van der Waals surface area contributed by atoms with Crippen molar-refractivity contribution in [3.8, 4) is 22.8 Å². The molecule has 2 atom stereocenters. The van der Waals surface area contributed by atoms with Gasteiger partial charge in [-0.1, -0.05) is 30.3 Å². The summed E-state index contributed by atoms with van der Waals surface area (Å²) in [5, 5.41) is 25.4. The third-order valence-corrected chi connectivity index (χ3v) is 3.64. The Labute approximate surface area is 178 Å². The molecule has 3 aromatic rings. The second kappa shape index (κ2) is 11.6. The van der Waals surface area contributed by atoms with E-state index in [1.165, 1.54) is 11.5 Å². The summed E-state index contributed by atoms with van der Waals surface area (Å²) in [4.78, 5) is 12.0. The van der Waals surface area contributed by atoms with E-state index in [-0.39, 0.29) is 38.2 Å². The molecule has 2 N–H and O–H groups in total. The average molecular weight is 559 g/mol. The Bertz CT molecular complexity index is 787. The molecule has 0 spiro atoms. The molecular weight excluding hydrogens is 534 g/mol. The van der Waals surface area contributed by atoms with Gasteiger partial charge >= 0.3 is 0 Å². The normalized spacial score (nSPS) is 12.2. The number of rotatable bonds is 4. The summed E-state index contributed by atoms with van der Waals surface area (Å²) < 4.78 is 1.52. The predicted octanol–water partition coefficient (Wildman–Crippen LogP) is 3.21. The summed E-state index contributed by atoms with van der Waals surface area (Å²) in [5.74, 6) is 0.934. The second-order valence-electron chi connectivity index (χ2n) is 6.28. The largest absolute Gasteiger partial charge is 0.393 e. The summed E-state index contributed by atoms with van der Waals surface area (Å²) in [7, 11) is 0. The molecule has 3 rings (SSSR count). The van der Waals surface area contributed by atoms with E-state index in [1.54, 1.807) is 19.9 Å². The molecule has 7 heteroatoms. The van der Waals surface area contributed by atoms with Crippen molar-refractivity contribution in [3.63, 3.8) is 0 Å². The molecule has 0 amide bonds.